The van der Waals surface area contributed by atoms with Crippen LogP contribution in [0.3, 0.4) is 0 Å². The smallest absolute Gasteiger partial charge is 0.330 e. The number of rotatable bonds is 5. The van der Waals surface area contributed by atoms with E-state index in [1.807, 2.05) is 0 Å². The number of primary amides is 1. The molecule has 0 bridgehead atoms. The molecule has 0 unspecified atom stereocenters. The Morgan fingerprint density at radius 2 is 1.82 bits per heavy atom. The summed E-state index contributed by atoms with van der Waals surface area (Å²) < 4.78 is 4.82. The van der Waals surface area contributed by atoms with E-state index in [9.17, 15) is 44.7 Å². The molecule has 208 valence electrons. The lowest BCUT2D eigenvalue weighted by Crippen LogP contribution is -2.68. The molecule has 0 spiro atoms. The maximum absolute atomic E-state index is 13.8. The summed E-state index contributed by atoms with van der Waals surface area (Å²) in [5.41, 5.74) is 1.00. The van der Waals surface area contributed by atoms with Crippen molar-refractivity contribution in [2.24, 2.45) is 17.6 Å². The summed E-state index contributed by atoms with van der Waals surface area (Å²) in [7, 11) is 2.93. The molecule has 3 aliphatic carbocycles. The maximum atomic E-state index is 13.8. The number of esters is 1. The highest BCUT2D eigenvalue weighted by atomic mass is 16.5. The normalized spacial score (nSPS) is 30.4. The molecule has 1 aromatic carbocycles. The molecule has 12 heteroatoms. The van der Waals surface area contributed by atoms with Gasteiger partial charge in [-0.3, -0.25) is 19.3 Å². The summed E-state index contributed by atoms with van der Waals surface area (Å²) in [6.45, 7) is 3.38. The van der Waals surface area contributed by atoms with Crippen molar-refractivity contribution in [3.63, 3.8) is 0 Å². The molecule has 1 amide bonds. The number of aliphatic hydroxyl groups excluding tert-OH is 3. The summed E-state index contributed by atoms with van der Waals surface area (Å²) in [5, 5.41) is 56.5. The quantitative estimate of drug-likeness (QED) is 0.169. The highest BCUT2D eigenvalue weighted by Crippen LogP contribution is 2.55. The van der Waals surface area contributed by atoms with Crippen molar-refractivity contribution in [1.82, 2.24) is 4.90 Å². The van der Waals surface area contributed by atoms with Gasteiger partial charge in [0, 0.05) is 23.1 Å². The van der Waals surface area contributed by atoms with Gasteiger partial charge in [-0.15, -0.1) is 0 Å². The number of hydrogen-bond donors (Lipinski definition) is 6. The molecule has 0 fully saturated rings. The van der Waals surface area contributed by atoms with Crippen LogP contribution in [0.5, 0.6) is 5.75 Å². The molecule has 6 atom stereocenters. The van der Waals surface area contributed by atoms with Crippen molar-refractivity contribution in [3.05, 3.63) is 57.6 Å². The number of aromatic hydroxyl groups is 1. The number of carbonyl (C=O) groups is 4. The van der Waals surface area contributed by atoms with Gasteiger partial charge >= 0.3 is 5.97 Å². The van der Waals surface area contributed by atoms with Crippen LogP contribution in [0, 0.1) is 11.8 Å². The second-order valence-corrected chi connectivity index (χ2v) is 10.1. The van der Waals surface area contributed by atoms with Crippen LogP contribution in [-0.2, 0) is 19.1 Å². The zero-order valence-electron chi connectivity index (χ0n) is 21.7. The monoisotopic (exact) mass is 542 g/mol. The predicted octanol–water partition coefficient (Wildman–Crippen LogP) is 0.229. The Hall–Kier alpha value is -4.00. The number of fused-ring (bicyclic) bond motifs is 3. The fraction of sp³-hybridized carbons (Fsp3) is 0.407. The van der Waals surface area contributed by atoms with E-state index in [1.165, 1.54) is 37.2 Å². The largest absolute Gasteiger partial charge is 0.510 e. The second-order valence-electron chi connectivity index (χ2n) is 10.1. The van der Waals surface area contributed by atoms with Gasteiger partial charge in [0.05, 0.1) is 30.2 Å². The third-order valence-electron chi connectivity index (χ3n) is 7.85. The van der Waals surface area contributed by atoms with Gasteiger partial charge in [0.15, 0.2) is 11.4 Å². The highest BCUT2D eigenvalue weighted by Gasteiger charge is 2.67. The molecular weight excluding hydrogens is 512 g/mol. The van der Waals surface area contributed by atoms with Crippen LogP contribution < -0.4 is 5.73 Å². The number of Topliss-reactive ketones (excluding diaryl/α,β-unsaturated/α-hetero) is 2. The van der Waals surface area contributed by atoms with Crippen LogP contribution in [0.1, 0.15) is 41.3 Å². The van der Waals surface area contributed by atoms with Crippen molar-refractivity contribution in [2.45, 2.75) is 37.5 Å². The minimum atomic E-state index is -2.99. The number of amides is 1. The molecule has 3 aliphatic rings. The Kier molecular flexibility index (Phi) is 6.92. The first-order valence-electron chi connectivity index (χ1n) is 12.2. The van der Waals surface area contributed by atoms with E-state index in [0.717, 1.165) is 6.08 Å². The molecule has 0 aliphatic heterocycles. The van der Waals surface area contributed by atoms with E-state index in [0.29, 0.717) is 5.56 Å². The first-order valence-corrected chi connectivity index (χ1v) is 12.2. The molecule has 0 saturated carbocycles. The molecular formula is C27H30N2O10. The van der Waals surface area contributed by atoms with Gasteiger partial charge in [0.25, 0.3) is 5.91 Å². The molecule has 12 nitrogen and oxygen atoms in total. The molecule has 39 heavy (non-hydrogen) atoms. The number of phenols is 1. The Bertz CT molecular complexity index is 1390. The van der Waals surface area contributed by atoms with E-state index in [2.05, 4.69) is 0 Å². The number of nitrogens with two attached hydrogens (primary N) is 1. The van der Waals surface area contributed by atoms with Gasteiger partial charge in [-0.25, -0.2) is 4.79 Å². The highest BCUT2D eigenvalue weighted by molar-refractivity contribution is 6.25. The van der Waals surface area contributed by atoms with E-state index in [-0.39, 0.29) is 17.7 Å². The van der Waals surface area contributed by atoms with Crippen LogP contribution in [0.15, 0.2) is 40.9 Å². The number of benzene rings is 1. The molecule has 0 radical (unpaired) electrons. The number of likely N-dealkylation sites (N-methyl/N-ethyl adjacent to an activating group) is 1. The van der Waals surface area contributed by atoms with Gasteiger partial charge in [-0.1, -0.05) is 19.1 Å². The summed E-state index contributed by atoms with van der Waals surface area (Å²) in [4.78, 5) is 52.3. The van der Waals surface area contributed by atoms with E-state index >= 15 is 0 Å². The molecule has 1 aromatic rings. The van der Waals surface area contributed by atoms with Crippen molar-refractivity contribution >= 4 is 29.5 Å². The standard InChI is InChI=1S/C27H30N2O10/c1-5-39-13(30)9-7-11-6-8-12-10(2)14-16(21(32)15(12)20(11)31)24(35)27(38)18(22(14)33)19(29(3)4)23(34)17(25(27)36)26(28)37/h6-10,14,18-19,22,31,33-35,38H,5H2,1-4H3,(H2,28,37)/b9-7+/t10-,14+,18-,19-,22-,27-/m0/s1. The van der Waals surface area contributed by atoms with Crippen LogP contribution in [-0.4, -0.2) is 92.3 Å². The van der Waals surface area contributed by atoms with Crippen molar-refractivity contribution in [1.29, 1.82) is 0 Å². The number of aliphatic hydroxyl groups is 4. The SMILES string of the molecule is CCOC(=O)/C=C/c1ccc2c(c1O)C(=O)C1=C(O)[C@]3(O)C(=O)C(C(N)=O)=C(O)[C@@H](N(C)C)[C@H]3[C@@H](O)[C@@H]1[C@H]2C. The van der Waals surface area contributed by atoms with Gasteiger partial charge < -0.3 is 36.0 Å². The first kappa shape index (κ1) is 28.0. The lowest BCUT2D eigenvalue weighted by Gasteiger charge is -2.53. The van der Waals surface area contributed by atoms with Gasteiger partial charge in [-0.2, -0.15) is 0 Å². The molecule has 0 saturated heterocycles. The second kappa shape index (κ2) is 9.63. The zero-order valence-corrected chi connectivity index (χ0v) is 21.7. The minimum absolute atomic E-state index is 0.0825. The number of hydrogen-bond acceptors (Lipinski definition) is 11. The Morgan fingerprint density at radius 3 is 2.38 bits per heavy atom. The van der Waals surface area contributed by atoms with E-state index in [1.54, 1.807) is 13.8 Å². The van der Waals surface area contributed by atoms with Crippen molar-refractivity contribution in [2.75, 3.05) is 20.7 Å². The van der Waals surface area contributed by atoms with Crippen molar-refractivity contribution < 1.29 is 49.4 Å². The summed E-state index contributed by atoms with van der Waals surface area (Å²) >= 11 is 0. The number of nitrogens with zero attached hydrogens (tertiary/aromatic N) is 1. The minimum Gasteiger partial charge on any atom is -0.510 e. The van der Waals surface area contributed by atoms with E-state index in [4.69, 9.17) is 10.5 Å². The van der Waals surface area contributed by atoms with Gasteiger partial charge in [0.1, 0.15) is 22.8 Å². The van der Waals surface area contributed by atoms with Gasteiger partial charge in [0.2, 0.25) is 5.78 Å². The molecule has 0 heterocycles. The van der Waals surface area contributed by atoms with Crippen LogP contribution in [0.4, 0.5) is 0 Å². The Morgan fingerprint density at radius 1 is 1.18 bits per heavy atom. The van der Waals surface area contributed by atoms with E-state index < -0.39 is 87.4 Å². The van der Waals surface area contributed by atoms with Gasteiger partial charge in [-0.05, 0) is 38.6 Å². The molecule has 4 rings (SSSR count). The Balaban J connectivity index is 1.95. The fourth-order valence-electron chi connectivity index (χ4n) is 6.12. The maximum Gasteiger partial charge on any atom is 0.330 e. The van der Waals surface area contributed by atoms with Crippen LogP contribution in [0.25, 0.3) is 6.08 Å². The number of phenolic OH excluding ortho intramolecular Hbond substituents is 1. The zero-order chi connectivity index (χ0) is 29.1. The molecule has 7 N–H and O–H groups in total. The van der Waals surface area contributed by atoms with Crippen LogP contribution >= 0.6 is 0 Å². The topological polar surface area (TPSA) is 208 Å². The number of carbonyl (C=O) groups excluding carboxylic acids is 4. The first-order chi connectivity index (χ1) is 18.2. The van der Waals surface area contributed by atoms with Crippen LogP contribution in [0.2, 0.25) is 0 Å². The lowest BCUT2D eigenvalue weighted by atomic mass is 9.55. The lowest BCUT2D eigenvalue weighted by molar-refractivity contribution is -0.162. The number of ether oxygens (including phenoxy) is 1. The summed E-state index contributed by atoms with van der Waals surface area (Å²) in [6.07, 6.45) is 0.626. The third kappa shape index (κ3) is 3.86. The third-order valence-corrected chi connectivity index (χ3v) is 7.85. The average Bonchev–Trinajstić information content (AvgIpc) is 2.85. The van der Waals surface area contributed by atoms with Crippen molar-refractivity contribution in [3.8, 4) is 5.75 Å². The summed E-state index contributed by atoms with van der Waals surface area (Å²) in [6, 6.07) is 1.66. The average molecular weight is 543 g/mol. The molecule has 0 aromatic heterocycles. The summed E-state index contributed by atoms with van der Waals surface area (Å²) in [5.74, 6) is -10.3. The number of ketones is 2. The Labute approximate surface area is 223 Å². The predicted molar refractivity (Wildman–Crippen MR) is 135 cm³/mol. The fourth-order valence-corrected chi connectivity index (χ4v) is 6.12.